The van der Waals surface area contributed by atoms with E-state index in [-0.39, 0.29) is 5.92 Å². The summed E-state index contributed by atoms with van der Waals surface area (Å²) in [6.07, 6.45) is 2.19. The molecule has 2 rings (SSSR count). The number of carbonyl (C=O) groups excluding carboxylic acids is 2. The summed E-state index contributed by atoms with van der Waals surface area (Å²) in [7, 11) is 0. The fraction of sp³-hybridized carbons (Fsp3) is 0.375. The van der Waals surface area contributed by atoms with Gasteiger partial charge in [0.25, 0.3) is 5.79 Å². The number of ether oxygens (including phenoxy) is 2. The van der Waals surface area contributed by atoms with Gasteiger partial charge < -0.3 is 9.47 Å². The van der Waals surface area contributed by atoms with Gasteiger partial charge in [-0.2, -0.15) is 0 Å². The zero-order chi connectivity index (χ0) is 14.8. The van der Waals surface area contributed by atoms with Crippen LogP contribution in [-0.4, -0.2) is 17.7 Å². The lowest BCUT2D eigenvalue weighted by atomic mass is 9.83. The Balaban J connectivity index is 2.32. The van der Waals surface area contributed by atoms with Crippen molar-refractivity contribution in [1.29, 1.82) is 0 Å². The smallest absolute Gasteiger partial charge is 0.324 e. The zero-order valence-electron chi connectivity index (χ0n) is 11.7. The Labute approximate surface area is 118 Å². The van der Waals surface area contributed by atoms with E-state index in [0.29, 0.717) is 6.42 Å². The molecule has 20 heavy (non-hydrogen) atoms. The van der Waals surface area contributed by atoms with E-state index in [1.54, 1.807) is 19.9 Å². The van der Waals surface area contributed by atoms with Gasteiger partial charge in [0.15, 0.2) is 5.92 Å². The van der Waals surface area contributed by atoms with Crippen molar-refractivity contribution < 1.29 is 19.1 Å². The number of cyclic esters (lactones) is 2. The SMILES string of the molecule is C=CCC(c1ccccc1)C1C(=O)OC(C)(C)OC1=O. The molecule has 4 heteroatoms. The standard InChI is InChI=1S/C16H18O4/c1-4-8-12(11-9-6-5-7-10-11)13-14(17)19-16(2,3)20-15(13)18/h4-7,9-10,12-13H,1,8H2,2-3H3. The Morgan fingerprint density at radius 1 is 1.20 bits per heavy atom. The molecule has 4 nitrogen and oxygen atoms in total. The Hall–Kier alpha value is -2.10. The molecule has 1 atom stereocenters. The van der Waals surface area contributed by atoms with Crippen molar-refractivity contribution in [3.8, 4) is 0 Å². The first-order valence-corrected chi connectivity index (χ1v) is 6.56. The van der Waals surface area contributed by atoms with Crippen LogP contribution in [0.3, 0.4) is 0 Å². The average Bonchev–Trinajstić information content (AvgIpc) is 2.36. The first-order chi connectivity index (χ1) is 9.44. The lowest BCUT2D eigenvalue weighted by Crippen LogP contribution is -2.48. The van der Waals surface area contributed by atoms with Gasteiger partial charge in [-0.3, -0.25) is 9.59 Å². The number of esters is 2. The third-order valence-electron chi connectivity index (χ3n) is 3.25. The van der Waals surface area contributed by atoms with Crippen molar-refractivity contribution in [2.75, 3.05) is 0 Å². The largest absolute Gasteiger partial charge is 0.422 e. The molecule has 0 spiro atoms. The highest BCUT2D eigenvalue weighted by molar-refractivity contribution is 5.97. The van der Waals surface area contributed by atoms with Crippen molar-refractivity contribution in [2.45, 2.75) is 32.0 Å². The van der Waals surface area contributed by atoms with Gasteiger partial charge in [0.05, 0.1) is 0 Å². The lowest BCUT2D eigenvalue weighted by Gasteiger charge is -2.35. The first-order valence-electron chi connectivity index (χ1n) is 6.56. The predicted molar refractivity (Wildman–Crippen MR) is 73.8 cm³/mol. The molecule has 0 amide bonds. The van der Waals surface area contributed by atoms with Gasteiger partial charge in [-0.1, -0.05) is 36.4 Å². The van der Waals surface area contributed by atoms with Crippen LogP contribution in [0.2, 0.25) is 0 Å². The number of rotatable bonds is 4. The average molecular weight is 274 g/mol. The van der Waals surface area contributed by atoms with Crippen molar-refractivity contribution in [3.05, 3.63) is 48.6 Å². The molecular formula is C16H18O4. The number of hydrogen-bond acceptors (Lipinski definition) is 4. The molecule has 0 radical (unpaired) electrons. The summed E-state index contributed by atoms with van der Waals surface area (Å²) in [6.45, 7) is 6.79. The van der Waals surface area contributed by atoms with Crippen LogP contribution in [0, 0.1) is 5.92 Å². The third-order valence-corrected chi connectivity index (χ3v) is 3.25. The first kappa shape index (κ1) is 14.3. The molecule has 1 aliphatic heterocycles. The maximum atomic E-state index is 12.2. The quantitative estimate of drug-likeness (QED) is 0.481. The normalized spacial score (nSPS) is 19.9. The van der Waals surface area contributed by atoms with Crippen molar-refractivity contribution in [1.82, 2.24) is 0 Å². The van der Waals surface area contributed by atoms with E-state index >= 15 is 0 Å². The summed E-state index contributed by atoms with van der Waals surface area (Å²) in [4.78, 5) is 24.3. The Morgan fingerprint density at radius 3 is 2.25 bits per heavy atom. The zero-order valence-corrected chi connectivity index (χ0v) is 11.7. The van der Waals surface area contributed by atoms with Crippen LogP contribution in [0.4, 0.5) is 0 Å². The van der Waals surface area contributed by atoms with E-state index in [9.17, 15) is 9.59 Å². The maximum absolute atomic E-state index is 12.2. The van der Waals surface area contributed by atoms with Gasteiger partial charge in [0.1, 0.15) is 0 Å². The lowest BCUT2D eigenvalue weighted by molar-refractivity contribution is -0.241. The Bertz CT molecular complexity index is 499. The summed E-state index contributed by atoms with van der Waals surface area (Å²) < 4.78 is 10.4. The molecule has 1 saturated heterocycles. The molecule has 0 aliphatic carbocycles. The van der Waals surface area contributed by atoms with Crippen molar-refractivity contribution in [3.63, 3.8) is 0 Å². The minimum Gasteiger partial charge on any atom is -0.422 e. The molecule has 1 aromatic carbocycles. The van der Waals surface area contributed by atoms with Gasteiger partial charge in [0, 0.05) is 19.8 Å². The summed E-state index contributed by atoms with van der Waals surface area (Å²) in [5.41, 5.74) is 0.894. The van der Waals surface area contributed by atoms with E-state index in [0.717, 1.165) is 5.56 Å². The maximum Gasteiger partial charge on any atom is 0.324 e. The van der Waals surface area contributed by atoms with Crippen LogP contribution >= 0.6 is 0 Å². The summed E-state index contributed by atoms with van der Waals surface area (Å²) in [5, 5.41) is 0. The van der Waals surface area contributed by atoms with Crippen LogP contribution in [0.25, 0.3) is 0 Å². The molecule has 0 bridgehead atoms. The van der Waals surface area contributed by atoms with Crippen molar-refractivity contribution in [2.24, 2.45) is 5.92 Å². The molecule has 1 fully saturated rings. The number of benzene rings is 1. The Kier molecular flexibility index (Phi) is 3.93. The summed E-state index contributed by atoms with van der Waals surface area (Å²) in [5.74, 6) is -3.53. The van der Waals surface area contributed by atoms with Crippen molar-refractivity contribution >= 4 is 11.9 Å². The van der Waals surface area contributed by atoms with E-state index in [1.807, 2.05) is 30.3 Å². The molecule has 1 aromatic rings. The number of carbonyl (C=O) groups is 2. The second kappa shape index (κ2) is 5.49. The summed E-state index contributed by atoms with van der Waals surface area (Å²) in [6, 6.07) is 9.39. The fourth-order valence-electron chi connectivity index (χ4n) is 2.40. The second-order valence-corrected chi connectivity index (χ2v) is 5.26. The fourth-order valence-corrected chi connectivity index (χ4v) is 2.40. The number of hydrogen-bond donors (Lipinski definition) is 0. The highest BCUT2D eigenvalue weighted by Gasteiger charge is 2.47. The minimum absolute atomic E-state index is 0.315. The minimum atomic E-state index is -1.19. The van der Waals surface area contributed by atoms with Crippen LogP contribution in [0.5, 0.6) is 0 Å². The Morgan fingerprint density at radius 2 is 1.75 bits per heavy atom. The molecule has 1 aliphatic rings. The van der Waals surface area contributed by atoms with Crippen LogP contribution in [0.1, 0.15) is 31.7 Å². The van der Waals surface area contributed by atoms with E-state index in [2.05, 4.69) is 6.58 Å². The van der Waals surface area contributed by atoms with Crippen LogP contribution < -0.4 is 0 Å². The molecular weight excluding hydrogens is 256 g/mol. The van der Waals surface area contributed by atoms with E-state index in [4.69, 9.17) is 9.47 Å². The molecule has 0 aromatic heterocycles. The third kappa shape index (κ3) is 2.90. The number of allylic oxidation sites excluding steroid dienone is 1. The van der Waals surface area contributed by atoms with Crippen LogP contribution in [0.15, 0.2) is 43.0 Å². The van der Waals surface area contributed by atoms with Gasteiger partial charge in [-0.25, -0.2) is 0 Å². The van der Waals surface area contributed by atoms with Gasteiger partial charge in [0.2, 0.25) is 0 Å². The van der Waals surface area contributed by atoms with Gasteiger partial charge in [-0.05, 0) is 12.0 Å². The molecule has 1 heterocycles. The monoisotopic (exact) mass is 274 g/mol. The van der Waals surface area contributed by atoms with Gasteiger partial charge >= 0.3 is 11.9 Å². The van der Waals surface area contributed by atoms with Crippen LogP contribution in [-0.2, 0) is 19.1 Å². The van der Waals surface area contributed by atoms with Gasteiger partial charge in [-0.15, -0.1) is 6.58 Å². The highest BCUT2D eigenvalue weighted by Crippen LogP contribution is 2.35. The molecule has 1 unspecified atom stereocenters. The topological polar surface area (TPSA) is 52.6 Å². The molecule has 0 saturated carbocycles. The van der Waals surface area contributed by atoms with E-state index < -0.39 is 23.6 Å². The molecule has 106 valence electrons. The second-order valence-electron chi connectivity index (χ2n) is 5.26. The highest BCUT2D eigenvalue weighted by atomic mass is 16.7. The predicted octanol–water partition coefficient (Wildman–Crippen LogP) is 2.80. The summed E-state index contributed by atoms with van der Waals surface area (Å²) >= 11 is 0. The molecule has 0 N–H and O–H groups in total. The van der Waals surface area contributed by atoms with E-state index in [1.165, 1.54) is 0 Å².